The molecule has 0 spiro atoms. The molecule has 0 aromatic heterocycles. The monoisotopic (exact) mass is 214 g/mol. The van der Waals surface area contributed by atoms with Crippen molar-refractivity contribution in [2.75, 3.05) is 20.3 Å². The molecule has 0 fully saturated rings. The van der Waals surface area contributed by atoms with Crippen LogP contribution in [0.4, 0.5) is 9.59 Å². The Morgan fingerprint density at radius 2 is 2.13 bits per heavy atom. The van der Waals surface area contributed by atoms with E-state index in [1.807, 2.05) is 0 Å². The normalized spacial score (nSPS) is 9.67. The lowest BCUT2D eigenvalue weighted by Crippen LogP contribution is -2.19. The second-order valence-electron chi connectivity index (χ2n) is 2.52. The lowest BCUT2D eigenvalue weighted by Gasteiger charge is -2.02. The Hall–Kier alpha value is -1.98. The Bertz CT molecular complexity index is 273. The van der Waals surface area contributed by atoms with Crippen molar-refractivity contribution in [3.63, 3.8) is 0 Å². The zero-order chi connectivity index (χ0) is 11.7. The summed E-state index contributed by atoms with van der Waals surface area (Å²) in [7, 11) is 1.46. The van der Waals surface area contributed by atoms with E-state index in [0.29, 0.717) is 5.57 Å². The number of carbonyl (C=O) groups is 2. The van der Waals surface area contributed by atoms with E-state index in [0.717, 1.165) is 0 Å². The van der Waals surface area contributed by atoms with Crippen molar-refractivity contribution >= 4 is 12.2 Å². The van der Waals surface area contributed by atoms with Crippen LogP contribution in [-0.4, -0.2) is 32.4 Å². The molecule has 0 bridgehead atoms. The van der Waals surface area contributed by atoms with Crippen LogP contribution in [0.15, 0.2) is 24.3 Å². The number of carbonyl (C=O) groups excluding carboxylic acids is 2. The molecule has 2 amide bonds. The number of ether oxygens (including phenoxy) is 2. The van der Waals surface area contributed by atoms with E-state index >= 15 is 0 Å². The van der Waals surface area contributed by atoms with Crippen molar-refractivity contribution in [1.29, 1.82) is 0 Å². The third-order valence-corrected chi connectivity index (χ3v) is 1.27. The Morgan fingerprint density at radius 1 is 1.47 bits per heavy atom. The second-order valence-corrected chi connectivity index (χ2v) is 2.52. The first-order valence-corrected chi connectivity index (χ1v) is 4.17. The van der Waals surface area contributed by atoms with Crippen molar-refractivity contribution in [3.8, 4) is 0 Å². The number of amides is 2. The van der Waals surface area contributed by atoms with Crippen LogP contribution >= 0.6 is 0 Å². The van der Waals surface area contributed by atoms with E-state index in [9.17, 15) is 9.59 Å². The van der Waals surface area contributed by atoms with Crippen LogP contribution in [0, 0.1) is 0 Å². The highest BCUT2D eigenvalue weighted by molar-refractivity contribution is 5.66. The summed E-state index contributed by atoms with van der Waals surface area (Å²) in [5.41, 5.74) is 5.31. The summed E-state index contributed by atoms with van der Waals surface area (Å²) in [6, 6.07) is 0. The van der Waals surface area contributed by atoms with Crippen LogP contribution in [-0.2, 0) is 9.47 Å². The van der Waals surface area contributed by atoms with Gasteiger partial charge in [0.1, 0.15) is 13.2 Å². The van der Waals surface area contributed by atoms with E-state index in [4.69, 9.17) is 10.5 Å². The first kappa shape index (κ1) is 13.0. The topological polar surface area (TPSA) is 90.7 Å². The minimum Gasteiger partial charge on any atom is -0.445 e. The number of hydrogen-bond acceptors (Lipinski definition) is 4. The van der Waals surface area contributed by atoms with Gasteiger partial charge >= 0.3 is 12.2 Å². The smallest absolute Gasteiger partial charge is 0.407 e. The van der Waals surface area contributed by atoms with Gasteiger partial charge in [-0.1, -0.05) is 12.7 Å². The Labute approximate surface area is 87.7 Å². The molecule has 0 saturated carbocycles. The van der Waals surface area contributed by atoms with E-state index in [1.165, 1.54) is 7.05 Å². The largest absolute Gasteiger partial charge is 0.445 e. The summed E-state index contributed by atoms with van der Waals surface area (Å²) in [6.07, 6.45) is 1.75. The molecule has 0 aromatic carbocycles. The van der Waals surface area contributed by atoms with Gasteiger partial charge in [-0.25, -0.2) is 9.59 Å². The van der Waals surface area contributed by atoms with Crippen LogP contribution in [0.3, 0.4) is 0 Å². The van der Waals surface area contributed by atoms with Crippen molar-refractivity contribution < 1.29 is 19.1 Å². The molecule has 0 unspecified atom stereocenters. The Kier molecular flexibility index (Phi) is 6.45. The fourth-order valence-electron chi connectivity index (χ4n) is 0.624. The number of rotatable bonds is 5. The molecule has 0 saturated heterocycles. The summed E-state index contributed by atoms with van der Waals surface area (Å²) in [5, 5.41) is 2.29. The third kappa shape index (κ3) is 8.35. The predicted octanol–water partition coefficient (Wildman–Crippen LogP) is 0.550. The SMILES string of the molecule is C=C(/C=C/COC(N)=O)COC(=O)NC. The van der Waals surface area contributed by atoms with Crippen LogP contribution in [0.2, 0.25) is 0 Å². The highest BCUT2D eigenvalue weighted by atomic mass is 16.5. The van der Waals surface area contributed by atoms with Crippen molar-refractivity contribution in [2.45, 2.75) is 0 Å². The fourth-order valence-corrected chi connectivity index (χ4v) is 0.624. The van der Waals surface area contributed by atoms with Gasteiger partial charge in [0.25, 0.3) is 0 Å². The molecule has 6 nitrogen and oxygen atoms in total. The van der Waals surface area contributed by atoms with Gasteiger partial charge in [-0.15, -0.1) is 0 Å². The lowest BCUT2D eigenvalue weighted by atomic mass is 10.3. The van der Waals surface area contributed by atoms with E-state index < -0.39 is 12.2 Å². The van der Waals surface area contributed by atoms with Gasteiger partial charge in [0.05, 0.1) is 0 Å². The van der Waals surface area contributed by atoms with Gasteiger partial charge in [0, 0.05) is 7.05 Å². The molecule has 3 N–H and O–H groups in total. The Morgan fingerprint density at radius 3 is 2.67 bits per heavy atom. The van der Waals surface area contributed by atoms with Gasteiger partial charge in [0.15, 0.2) is 0 Å². The van der Waals surface area contributed by atoms with E-state index in [-0.39, 0.29) is 13.2 Å². The molecule has 0 aliphatic heterocycles. The van der Waals surface area contributed by atoms with Crippen LogP contribution in [0.25, 0.3) is 0 Å². The molecule has 84 valence electrons. The molecule has 15 heavy (non-hydrogen) atoms. The molecular formula is C9H14N2O4. The summed E-state index contributed by atoms with van der Waals surface area (Å²) in [4.78, 5) is 20.8. The van der Waals surface area contributed by atoms with Gasteiger partial charge in [-0.2, -0.15) is 0 Å². The third-order valence-electron chi connectivity index (χ3n) is 1.27. The molecule has 0 aliphatic rings. The second kappa shape index (κ2) is 7.43. The van der Waals surface area contributed by atoms with Crippen LogP contribution in [0.5, 0.6) is 0 Å². The number of nitrogens with two attached hydrogens (primary N) is 1. The van der Waals surface area contributed by atoms with E-state index in [1.54, 1.807) is 12.2 Å². The molecular weight excluding hydrogens is 200 g/mol. The molecule has 0 heterocycles. The average Bonchev–Trinajstić information content (AvgIpc) is 2.20. The van der Waals surface area contributed by atoms with Crippen LogP contribution < -0.4 is 11.1 Å². The minimum atomic E-state index is -0.841. The zero-order valence-corrected chi connectivity index (χ0v) is 8.49. The summed E-state index contributed by atoms with van der Waals surface area (Å²) in [6.45, 7) is 3.75. The number of alkyl carbamates (subject to hydrolysis) is 1. The summed E-state index contributed by atoms with van der Waals surface area (Å²) in [5.74, 6) is 0. The zero-order valence-electron chi connectivity index (χ0n) is 8.49. The summed E-state index contributed by atoms with van der Waals surface area (Å²) < 4.78 is 9.13. The quantitative estimate of drug-likeness (QED) is 0.654. The maximum atomic E-state index is 10.7. The van der Waals surface area contributed by atoms with Gasteiger partial charge in [0.2, 0.25) is 0 Å². The molecule has 6 heteroatoms. The highest BCUT2D eigenvalue weighted by Crippen LogP contribution is 1.94. The minimum absolute atomic E-state index is 0.0638. The van der Waals surface area contributed by atoms with Crippen molar-refractivity contribution in [2.24, 2.45) is 5.73 Å². The first-order chi connectivity index (χ1) is 7.06. The van der Waals surface area contributed by atoms with Crippen molar-refractivity contribution in [1.82, 2.24) is 5.32 Å². The maximum Gasteiger partial charge on any atom is 0.407 e. The Balaban J connectivity index is 3.64. The molecule has 0 rings (SSSR count). The first-order valence-electron chi connectivity index (χ1n) is 4.17. The fraction of sp³-hybridized carbons (Fsp3) is 0.333. The summed E-state index contributed by atoms with van der Waals surface area (Å²) >= 11 is 0. The average molecular weight is 214 g/mol. The number of nitrogens with one attached hydrogen (secondary N) is 1. The molecule has 0 aromatic rings. The van der Waals surface area contributed by atoms with Gasteiger partial charge < -0.3 is 20.5 Å². The maximum absolute atomic E-state index is 10.7. The number of primary amides is 1. The molecule has 0 aliphatic carbocycles. The predicted molar refractivity (Wildman–Crippen MR) is 54.2 cm³/mol. The van der Waals surface area contributed by atoms with E-state index in [2.05, 4.69) is 16.6 Å². The lowest BCUT2D eigenvalue weighted by molar-refractivity contribution is 0.159. The van der Waals surface area contributed by atoms with Crippen LogP contribution in [0.1, 0.15) is 0 Å². The van der Waals surface area contributed by atoms with Gasteiger partial charge in [-0.05, 0) is 11.6 Å². The van der Waals surface area contributed by atoms with Gasteiger partial charge in [-0.3, -0.25) is 0 Å². The van der Waals surface area contributed by atoms with Crippen molar-refractivity contribution in [3.05, 3.63) is 24.3 Å². The highest BCUT2D eigenvalue weighted by Gasteiger charge is 1.97. The number of hydrogen-bond donors (Lipinski definition) is 2. The standard InChI is InChI=1S/C9H14N2O4/c1-7(6-15-9(13)11-2)4-3-5-14-8(10)12/h3-4H,1,5-6H2,2H3,(H2,10,12)(H,11,13)/b4-3+. The molecule has 0 radical (unpaired) electrons. The molecule has 0 atom stereocenters.